The number of methoxy groups -OCH3 is 1. The van der Waals surface area contributed by atoms with Crippen molar-refractivity contribution < 1.29 is 9.66 Å². The van der Waals surface area contributed by atoms with E-state index in [0.29, 0.717) is 17.7 Å². The summed E-state index contributed by atoms with van der Waals surface area (Å²) in [5.74, 6) is 0.832. The molecule has 0 unspecified atom stereocenters. The van der Waals surface area contributed by atoms with E-state index in [2.05, 4.69) is 18.7 Å². The molecule has 0 aromatic heterocycles. The fourth-order valence-electron chi connectivity index (χ4n) is 2.85. The Morgan fingerprint density at radius 2 is 2.00 bits per heavy atom. The van der Waals surface area contributed by atoms with Gasteiger partial charge in [0.25, 0.3) is 0 Å². The predicted molar refractivity (Wildman–Crippen MR) is 78.3 cm³/mol. The summed E-state index contributed by atoms with van der Waals surface area (Å²) in [6, 6.07) is 5.84. The van der Waals surface area contributed by atoms with E-state index in [1.807, 2.05) is 12.1 Å². The minimum Gasteiger partial charge on any atom is -0.490 e. The molecule has 1 heterocycles. The lowest BCUT2D eigenvalue weighted by Gasteiger charge is -2.34. The van der Waals surface area contributed by atoms with Crippen LogP contribution in [-0.4, -0.2) is 36.1 Å². The molecule has 1 aromatic carbocycles. The molecule has 1 fully saturated rings. The van der Waals surface area contributed by atoms with Crippen molar-refractivity contribution in [2.75, 3.05) is 20.2 Å². The van der Waals surface area contributed by atoms with Gasteiger partial charge in [-0.25, -0.2) is 0 Å². The van der Waals surface area contributed by atoms with E-state index in [9.17, 15) is 10.1 Å². The molecule has 0 spiro atoms. The van der Waals surface area contributed by atoms with Gasteiger partial charge in [0.1, 0.15) is 0 Å². The van der Waals surface area contributed by atoms with E-state index in [1.54, 1.807) is 6.07 Å². The Kier molecular flexibility index (Phi) is 4.60. The van der Waals surface area contributed by atoms with Gasteiger partial charge < -0.3 is 9.64 Å². The summed E-state index contributed by atoms with van der Waals surface area (Å²) in [6.07, 6.45) is 2.19. The maximum Gasteiger partial charge on any atom is 0.310 e. The Labute approximate surface area is 119 Å². The molecule has 0 atom stereocenters. The first-order valence-electron chi connectivity index (χ1n) is 7.09. The fourth-order valence-corrected chi connectivity index (χ4v) is 2.85. The van der Waals surface area contributed by atoms with Gasteiger partial charge in [0.15, 0.2) is 5.75 Å². The van der Waals surface area contributed by atoms with Crippen LogP contribution >= 0.6 is 0 Å². The number of nitro groups is 1. The Morgan fingerprint density at radius 3 is 2.50 bits per heavy atom. The summed E-state index contributed by atoms with van der Waals surface area (Å²) in [7, 11) is 1.48. The topological polar surface area (TPSA) is 55.6 Å². The SMILES string of the molecule is COc1cc(C2CCN(C(C)C)CC2)ccc1[N+](=O)[O-]. The lowest BCUT2D eigenvalue weighted by Crippen LogP contribution is -2.37. The number of ether oxygens (including phenoxy) is 1. The van der Waals surface area contributed by atoms with Crippen LogP contribution in [0, 0.1) is 10.1 Å². The number of likely N-dealkylation sites (tertiary alicyclic amines) is 1. The molecule has 2 rings (SSSR count). The van der Waals surface area contributed by atoms with Gasteiger partial charge in [0.2, 0.25) is 0 Å². The van der Waals surface area contributed by atoms with Gasteiger partial charge in [-0.15, -0.1) is 0 Å². The van der Waals surface area contributed by atoms with Crippen LogP contribution in [0.25, 0.3) is 0 Å². The molecule has 0 radical (unpaired) electrons. The van der Waals surface area contributed by atoms with Crippen LogP contribution in [0.2, 0.25) is 0 Å². The van der Waals surface area contributed by atoms with Crippen molar-refractivity contribution in [2.45, 2.75) is 38.6 Å². The zero-order valence-electron chi connectivity index (χ0n) is 12.3. The number of rotatable bonds is 4. The van der Waals surface area contributed by atoms with Gasteiger partial charge in [-0.3, -0.25) is 10.1 Å². The maximum absolute atomic E-state index is 10.9. The molecule has 0 amide bonds. The average molecular weight is 278 g/mol. The lowest BCUT2D eigenvalue weighted by atomic mass is 9.88. The zero-order chi connectivity index (χ0) is 14.7. The van der Waals surface area contributed by atoms with Crippen molar-refractivity contribution in [1.29, 1.82) is 0 Å². The third-order valence-electron chi connectivity index (χ3n) is 4.13. The first-order valence-corrected chi connectivity index (χ1v) is 7.09. The second-order valence-corrected chi connectivity index (χ2v) is 5.59. The molecule has 5 nitrogen and oxygen atoms in total. The first kappa shape index (κ1) is 14.8. The molecular formula is C15H22N2O3. The number of nitro benzene ring substituents is 1. The molecule has 1 aromatic rings. The Morgan fingerprint density at radius 1 is 1.35 bits per heavy atom. The summed E-state index contributed by atoms with van der Waals surface area (Å²) in [5, 5.41) is 10.9. The van der Waals surface area contributed by atoms with Crippen LogP contribution in [0.5, 0.6) is 5.75 Å². The van der Waals surface area contributed by atoms with Gasteiger partial charge in [0.05, 0.1) is 12.0 Å². The van der Waals surface area contributed by atoms with E-state index >= 15 is 0 Å². The van der Waals surface area contributed by atoms with Crippen LogP contribution in [0.3, 0.4) is 0 Å². The van der Waals surface area contributed by atoms with Crippen LogP contribution in [0.1, 0.15) is 38.2 Å². The number of hydrogen-bond donors (Lipinski definition) is 0. The normalized spacial score (nSPS) is 17.4. The van der Waals surface area contributed by atoms with E-state index < -0.39 is 4.92 Å². The number of hydrogen-bond acceptors (Lipinski definition) is 4. The molecule has 20 heavy (non-hydrogen) atoms. The van der Waals surface area contributed by atoms with E-state index in [-0.39, 0.29) is 5.69 Å². The minimum absolute atomic E-state index is 0.0378. The average Bonchev–Trinajstić information content (AvgIpc) is 2.46. The highest BCUT2D eigenvalue weighted by molar-refractivity contribution is 5.49. The van der Waals surface area contributed by atoms with Gasteiger partial charge in [0, 0.05) is 12.1 Å². The van der Waals surface area contributed by atoms with Crippen LogP contribution in [-0.2, 0) is 0 Å². The Balaban J connectivity index is 2.12. The van der Waals surface area contributed by atoms with E-state index in [4.69, 9.17) is 4.74 Å². The molecular weight excluding hydrogens is 256 g/mol. The Hall–Kier alpha value is -1.62. The summed E-state index contributed by atoms with van der Waals surface area (Å²) in [5.41, 5.74) is 1.19. The number of nitrogens with zero attached hydrogens (tertiary/aromatic N) is 2. The maximum atomic E-state index is 10.9. The summed E-state index contributed by atoms with van der Waals surface area (Å²) < 4.78 is 5.15. The molecule has 1 saturated heterocycles. The van der Waals surface area contributed by atoms with Crippen molar-refractivity contribution in [3.8, 4) is 5.75 Å². The van der Waals surface area contributed by atoms with Crippen molar-refractivity contribution in [2.24, 2.45) is 0 Å². The van der Waals surface area contributed by atoms with E-state index in [1.165, 1.54) is 7.11 Å². The highest BCUT2D eigenvalue weighted by Gasteiger charge is 2.24. The van der Waals surface area contributed by atoms with Crippen molar-refractivity contribution in [3.63, 3.8) is 0 Å². The van der Waals surface area contributed by atoms with E-state index in [0.717, 1.165) is 31.5 Å². The summed E-state index contributed by atoms with van der Waals surface area (Å²) in [4.78, 5) is 13.0. The Bertz CT molecular complexity index is 480. The molecule has 0 N–H and O–H groups in total. The lowest BCUT2D eigenvalue weighted by molar-refractivity contribution is -0.385. The molecule has 1 aliphatic heterocycles. The first-order chi connectivity index (χ1) is 9.52. The third-order valence-corrected chi connectivity index (χ3v) is 4.13. The van der Waals surface area contributed by atoms with Crippen LogP contribution in [0.4, 0.5) is 5.69 Å². The molecule has 1 aliphatic rings. The van der Waals surface area contributed by atoms with Crippen molar-refractivity contribution >= 4 is 5.69 Å². The van der Waals surface area contributed by atoms with Crippen molar-refractivity contribution in [1.82, 2.24) is 4.90 Å². The standard InChI is InChI=1S/C15H22N2O3/c1-11(2)16-8-6-12(7-9-16)13-4-5-14(17(18)19)15(10-13)20-3/h4-5,10-12H,6-9H2,1-3H3. The largest absolute Gasteiger partial charge is 0.490 e. The fraction of sp³-hybridized carbons (Fsp3) is 0.600. The second kappa shape index (κ2) is 6.22. The van der Waals surface area contributed by atoms with Gasteiger partial charge in [-0.2, -0.15) is 0 Å². The van der Waals surface area contributed by atoms with Crippen LogP contribution in [0.15, 0.2) is 18.2 Å². The van der Waals surface area contributed by atoms with Crippen LogP contribution < -0.4 is 4.74 Å². The highest BCUT2D eigenvalue weighted by Crippen LogP contribution is 2.34. The van der Waals surface area contributed by atoms with Gasteiger partial charge in [-0.1, -0.05) is 6.07 Å². The zero-order valence-corrected chi connectivity index (χ0v) is 12.3. The molecule has 0 aliphatic carbocycles. The number of benzene rings is 1. The molecule has 0 bridgehead atoms. The molecule has 110 valence electrons. The van der Waals surface area contributed by atoms with Gasteiger partial charge >= 0.3 is 5.69 Å². The summed E-state index contributed by atoms with van der Waals surface area (Å²) >= 11 is 0. The predicted octanol–water partition coefficient (Wildman–Crippen LogP) is 3.19. The third kappa shape index (κ3) is 3.10. The van der Waals surface area contributed by atoms with Gasteiger partial charge in [-0.05, 0) is 57.3 Å². The highest BCUT2D eigenvalue weighted by atomic mass is 16.6. The monoisotopic (exact) mass is 278 g/mol. The second-order valence-electron chi connectivity index (χ2n) is 5.59. The minimum atomic E-state index is -0.399. The number of piperidine rings is 1. The molecule has 5 heteroatoms. The molecule has 0 saturated carbocycles. The smallest absolute Gasteiger partial charge is 0.310 e. The quantitative estimate of drug-likeness (QED) is 0.627. The van der Waals surface area contributed by atoms with Crippen molar-refractivity contribution in [3.05, 3.63) is 33.9 Å². The summed E-state index contributed by atoms with van der Waals surface area (Å²) in [6.45, 7) is 6.60.